The Morgan fingerprint density at radius 2 is 2.00 bits per heavy atom. The van der Waals surface area contributed by atoms with Gasteiger partial charge in [-0.1, -0.05) is 23.1 Å². The molecular formula is C13H14N4O3S2. The van der Waals surface area contributed by atoms with Gasteiger partial charge in [0.2, 0.25) is 11.0 Å². The van der Waals surface area contributed by atoms with Crippen molar-refractivity contribution in [3.63, 3.8) is 0 Å². The SMILES string of the molecule is COC(=O)c1ccc(NC(=O)[C@@H](C)Sc2nnc(N)s2)cc1. The largest absolute Gasteiger partial charge is 0.465 e. The molecule has 7 nitrogen and oxygen atoms in total. The van der Waals surface area contributed by atoms with E-state index >= 15 is 0 Å². The number of nitrogen functional groups attached to an aromatic ring is 1. The number of amides is 1. The van der Waals surface area contributed by atoms with Crippen molar-refractivity contribution in [1.29, 1.82) is 0 Å². The zero-order chi connectivity index (χ0) is 16.1. The van der Waals surface area contributed by atoms with Gasteiger partial charge in [-0.05, 0) is 31.2 Å². The summed E-state index contributed by atoms with van der Waals surface area (Å²) in [5, 5.41) is 10.3. The number of thioether (sulfide) groups is 1. The number of nitrogens with zero attached hydrogens (tertiary/aromatic N) is 2. The van der Waals surface area contributed by atoms with Crippen LogP contribution in [0.25, 0.3) is 0 Å². The highest BCUT2D eigenvalue weighted by molar-refractivity contribution is 8.02. The minimum Gasteiger partial charge on any atom is -0.465 e. The highest BCUT2D eigenvalue weighted by Crippen LogP contribution is 2.28. The molecule has 116 valence electrons. The number of carbonyl (C=O) groups excluding carboxylic acids is 2. The Labute approximate surface area is 135 Å². The molecule has 0 aliphatic rings. The Balaban J connectivity index is 1.94. The van der Waals surface area contributed by atoms with E-state index in [0.29, 0.717) is 20.7 Å². The molecule has 1 aromatic heterocycles. The molecule has 1 heterocycles. The molecule has 1 aromatic carbocycles. The minimum absolute atomic E-state index is 0.176. The van der Waals surface area contributed by atoms with E-state index < -0.39 is 5.97 Å². The number of benzene rings is 1. The van der Waals surface area contributed by atoms with Crippen molar-refractivity contribution in [2.45, 2.75) is 16.5 Å². The third-order valence-electron chi connectivity index (χ3n) is 2.64. The van der Waals surface area contributed by atoms with Gasteiger partial charge in [0.25, 0.3) is 0 Å². The highest BCUT2D eigenvalue weighted by Gasteiger charge is 2.17. The van der Waals surface area contributed by atoms with Crippen LogP contribution in [0.15, 0.2) is 28.6 Å². The fourth-order valence-electron chi connectivity index (χ4n) is 1.52. The Kier molecular flexibility index (Phi) is 5.34. The van der Waals surface area contributed by atoms with E-state index in [1.807, 2.05) is 0 Å². The highest BCUT2D eigenvalue weighted by atomic mass is 32.2. The number of ether oxygens (including phenoxy) is 1. The van der Waals surface area contributed by atoms with E-state index in [-0.39, 0.29) is 11.2 Å². The number of methoxy groups -OCH3 is 1. The van der Waals surface area contributed by atoms with Crippen LogP contribution in [0, 0.1) is 0 Å². The predicted octanol–water partition coefficient (Wildman–Crippen LogP) is 2.03. The second-order valence-corrected chi connectivity index (χ2v) is 6.82. The molecule has 0 aliphatic heterocycles. The molecule has 22 heavy (non-hydrogen) atoms. The van der Waals surface area contributed by atoms with E-state index in [9.17, 15) is 9.59 Å². The van der Waals surface area contributed by atoms with Crippen LogP contribution in [0.5, 0.6) is 0 Å². The normalized spacial score (nSPS) is 11.7. The van der Waals surface area contributed by atoms with Crippen LogP contribution < -0.4 is 11.1 Å². The number of rotatable bonds is 5. The van der Waals surface area contributed by atoms with Gasteiger partial charge in [0.15, 0.2) is 4.34 Å². The van der Waals surface area contributed by atoms with Crippen LogP contribution in [0.4, 0.5) is 10.8 Å². The maximum Gasteiger partial charge on any atom is 0.337 e. The van der Waals surface area contributed by atoms with Gasteiger partial charge >= 0.3 is 5.97 Å². The van der Waals surface area contributed by atoms with Gasteiger partial charge < -0.3 is 15.8 Å². The first-order valence-electron chi connectivity index (χ1n) is 6.24. The monoisotopic (exact) mass is 338 g/mol. The smallest absolute Gasteiger partial charge is 0.337 e. The van der Waals surface area contributed by atoms with E-state index in [0.717, 1.165) is 0 Å². The molecule has 0 radical (unpaired) electrons. The van der Waals surface area contributed by atoms with Crippen molar-refractivity contribution in [2.24, 2.45) is 0 Å². The molecule has 0 saturated heterocycles. The zero-order valence-electron chi connectivity index (χ0n) is 11.9. The van der Waals surface area contributed by atoms with Crippen molar-refractivity contribution in [2.75, 3.05) is 18.2 Å². The topological polar surface area (TPSA) is 107 Å². The summed E-state index contributed by atoms with van der Waals surface area (Å²) in [6.07, 6.45) is 0. The van der Waals surface area contributed by atoms with Gasteiger partial charge in [-0.2, -0.15) is 0 Å². The van der Waals surface area contributed by atoms with Crippen molar-refractivity contribution in [3.8, 4) is 0 Å². The number of hydrogen-bond donors (Lipinski definition) is 2. The van der Waals surface area contributed by atoms with Gasteiger partial charge in [-0.15, -0.1) is 10.2 Å². The molecule has 0 bridgehead atoms. The van der Waals surface area contributed by atoms with Gasteiger partial charge in [0.05, 0.1) is 17.9 Å². The summed E-state index contributed by atoms with van der Waals surface area (Å²) in [6.45, 7) is 1.76. The summed E-state index contributed by atoms with van der Waals surface area (Å²) in [6, 6.07) is 6.46. The quantitative estimate of drug-likeness (QED) is 0.634. The van der Waals surface area contributed by atoms with E-state index in [1.54, 1.807) is 31.2 Å². The zero-order valence-corrected chi connectivity index (χ0v) is 13.5. The van der Waals surface area contributed by atoms with Crippen molar-refractivity contribution < 1.29 is 14.3 Å². The molecule has 3 N–H and O–H groups in total. The maximum absolute atomic E-state index is 12.1. The van der Waals surface area contributed by atoms with Crippen molar-refractivity contribution in [3.05, 3.63) is 29.8 Å². The van der Waals surface area contributed by atoms with E-state index in [2.05, 4.69) is 20.3 Å². The van der Waals surface area contributed by atoms with Crippen LogP contribution in [0.3, 0.4) is 0 Å². The fraction of sp³-hybridized carbons (Fsp3) is 0.231. The number of nitrogens with two attached hydrogens (primary N) is 1. The lowest BCUT2D eigenvalue weighted by atomic mass is 10.2. The van der Waals surface area contributed by atoms with Gasteiger partial charge in [-0.3, -0.25) is 4.79 Å². The van der Waals surface area contributed by atoms with Crippen LogP contribution in [-0.4, -0.2) is 34.4 Å². The first-order chi connectivity index (χ1) is 10.5. The molecule has 2 aromatic rings. The van der Waals surface area contributed by atoms with Gasteiger partial charge in [-0.25, -0.2) is 4.79 Å². The van der Waals surface area contributed by atoms with Crippen LogP contribution in [-0.2, 0) is 9.53 Å². The maximum atomic E-state index is 12.1. The number of aromatic nitrogens is 2. The molecule has 1 amide bonds. The summed E-state index contributed by atoms with van der Waals surface area (Å²) >= 11 is 2.52. The average molecular weight is 338 g/mol. The summed E-state index contributed by atoms with van der Waals surface area (Å²) in [5.41, 5.74) is 6.52. The number of esters is 1. The molecule has 9 heteroatoms. The Bertz CT molecular complexity index is 672. The molecular weight excluding hydrogens is 324 g/mol. The third-order valence-corrected chi connectivity index (χ3v) is 4.58. The average Bonchev–Trinajstić information content (AvgIpc) is 2.92. The molecule has 1 atom stereocenters. The predicted molar refractivity (Wildman–Crippen MR) is 86.1 cm³/mol. The van der Waals surface area contributed by atoms with Crippen LogP contribution >= 0.6 is 23.1 Å². The Morgan fingerprint density at radius 3 is 2.55 bits per heavy atom. The van der Waals surface area contributed by atoms with Crippen molar-refractivity contribution in [1.82, 2.24) is 10.2 Å². The second kappa shape index (κ2) is 7.23. The van der Waals surface area contributed by atoms with Crippen LogP contribution in [0.1, 0.15) is 17.3 Å². The number of anilines is 2. The molecule has 0 fully saturated rings. The summed E-state index contributed by atoms with van der Waals surface area (Å²) < 4.78 is 5.25. The summed E-state index contributed by atoms with van der Waals surface area (Å²) in [5.74, 6) is -0.597. The summed E-state index contributed by atoms with van der Waals surface area (Å²) in [4.78, 5) is 23.4. The van der Waals surface area contributed by atoms with Crippen LogP contribution in [0.2, 0.25) is 0 Å². The second-order valence-electron chi connectivity index (χ2n) is 4.22. The fourth-order valence-corrected chi connectivity index (χ4v) is 3.30. The van der Waals surface area contributed by atoms with Crippen molar-refractivity contribution >= 4 is 45.8 Å². The lowest BCUT2D eigenvalue weighted by Gasteiger charge is -2.10. The Hall–Kier alpha value is -2.13. The lowest BCUT2D eigenvalue weighted by Crippen LogP contribution is -2.22. The number of carbonyl (C=O) groups is 2. The lowest BCUT2D eigenvalue weighted by molar-refractivity contribution is -0.115. The molecule has 0 unspecified atom stereocenters. The molecule has 2 rings (SSSR count). The van der Waals surface area contributed by atoms with E-state index in [4.69, 9.17) is 5.73 Å². The first kappa shape index (κ1) is 16.2. The summed E-state index contributed by atoms with van der Waals surface area (Å²) in [7, 11) is 1.32. The number of hydrogen-bond acceptors (Lipinski definition) is 8. The standard InChI is InChI=1S/C13H14N4O3S2/c1-7(21-13-17-16-12(14)22-13)10(18)15-9-5-3-8(4-6-9)11(19)20-2/h3-7H,1-2H3,(H2,14,16)(H,15,18)/t7-/m1/s1. The third kappa shape index (κ3) is 4.18. The molecule has 0 saturated carbocycles. The van der Waals surface area contributed by atoms with Gasteiger partial charge in [0, 0.05) is 5.69 Å². The number of nitrogens with one attached hydrogen (secondary N) is 1. The molecule has 0 aliphatic carbocycles. The Morgan fingerprint density at radius 1 is 1.32 bits per heavy atom. The molecule has 0 spiro atoms. The minimum atomic E-state index is -0.421. The van der Waals surface area contributed by atoms with Gasteiger partial charge in [0.1, 0.15) is 0 Å². The van der Waals surface area contributed by atoms with E-state index in [1.165, 1.54) is 30.2 Å². The first-order valence-corrected chi connectivity index (χ1v) is 7.94.